The molecule has 1 N–H and O–H groups in total. The summed E-state index contributed by atoms with van der Waals surface area (Å²) in [4.78, 5) is 5.92. The van der Waals surface area contributed by atoms with Gasteiger partial charge in [0.25, 0.3) is 0 Å². The zero-order chi connectivity index (χ0) is 12.4. The van der Waals surface area contributed by atoms with Crippen LogP contribution in [-0.2, 0) is 0 Å². The second kappa shape index (κ2) is 4.99. The highest BCUT2D eigenvalue weighted by Gasteiger charge is 2.21. The minimum absolute atomic E-state index is 0.349. The van der Waals surface area contributed by atoms with Crippen LogP contribution in [0, 0.1) is 0 Å². The third-order valence-corrected chi connectivity index (χ3v) is 3.95. The lowest BCUT2D eigenvalue weighted by Gasteiger charge is -2.32. The molecule has 1 aliphatic heterocycles. The van der Waals surface area contributed by atoms with E-state index in [1.165, 1.54) is 48.8 Å². The summed E-state index contributed by atoms with van der Waals surface area (Å²) in [6, 6.07) is 8.86. The van der Waals surface area contributed by atoms with E-state index in [0.717, 1.165) is 0 Å². The molecule has 94 valence electrons. The summed E-state index contributed by atoms with van der Waals surface area (Å²) >= 11 is 0. The maximum absolute atomic E-state index is 4.04. The van der Waals surface area contributed by atoms with Crippen molar-refractivity contribution in [1.29, 1.82) is 0 Å². The third kappa shape index (κ3) is 1.97. The first-order chi connectivity index (χ1) is 8.90. The summed E-state index contributed by atoms with van der Waals surface area (Å²) in [7, 11) is 0. The van der Waals surface area contributed by atoms with Gasteiger partial charge in [0.05, 0.1) is 6.04 Å². The van der Waals surface area contributed by atoms with E-state index in [9.17, 15) is 0 Å². The maximum atomic E-state index is 4.04. The number of rotatable bonds is 3. The van der Waals surface area contributed by atoms with Crippen LogP contribution < -0.4 is 0 Å². The molecule has 1 saturated heterocycles. The van der Waals surface area contributed by atoms with Crippen molar-refractivity contribution < 1.29 is 0 Å². The lowest BCUT2D eigenvalue weighted by Crippen LogP contribution is -2.32. The molecule has 2 heteroatoms. The minimum atomic E-state index is 0.349. The molecule has 0 saturated carbocycles. The van der Waals surface area contributed by atoms with Crippen molar-refractivity contribution >= 4 is 10.9 Å². The summed E-state index contributed by atoms with van der Waals surface area (Å²) < 4.78 is 0. The number of H-pyrrole nitrogens is 1. The Bertz CT molecular complexity index is 535. The number of hydrogen-bond acceptors (Lipinski definition) is 1. The number of fused-ring (bicyclic) bond motifs is 1. The van der Waals surface area contributed by atoms with E-state index in [1.807, 2.05) is 0 Å². The first-order valence-electron chi connectivity index (χ1n) is 6.83. The van der Waals surface area contributed by atoms with Gasteiger partial charge >= 0.3 is 0 Å². The van der Waals surface area contributed by atoms with E-state index in [1.54, 1.807) is 0 Å². The second-order valence-corrected chi connectivity index (χ2v) is 5.07. The van der Waals surface area contributed by atoms with Gasteiger partial charge in [-0.15, -0.1) is 6.58 Å². The van der Waals surface area contributed by atoms with Gasteiger partial charge in [-0.3, -0.25) is 4.90 Å². The molecule has 1 aromatic carbocycles. The number of nitrogens with one attached hydrogen (secondary N) is 1. The normalized spacial score (nSPS) is 18.9. The largest absolute Gasteiger partial charge is 0.361 e. The van der Waals surface area contributed by atoms with Gasteiger partial charge in [0.1, 0.15) is 0 Å². The quantitative estimate of drug-likeness (QED) is 0.807. The fourth-order valence-corrected chi connectivity index (χ4v) is 3.01. The van der Waals surface area contributed by atoms with Crippen LogP contribution in [0.5, 0.6) is 0 Å². The Labute approximate surface area is 108 Å². The molecule has 0 radical (unpaired) electrons. The van der Waals surface area contributed by atoms with E-state index in [-0.39, 0.29) is 0 Å². The predicted octanol–water partition coefficient (Wildman–Crippen LogP) is 3.88. The van der Waals surface area contributed by atoms with E-state index in [4.69, 9.17) is 0 Å². The highest BCUT2D eigenvalue weighted by molar-refractivity contribution is 5.83. The fraction of sp³-hybridized carbons (Fsp3) is 0.375. The molecule has 18 heavy (non-hydrogen) atoms. The van der Waals surface area contributed by atoms with E-state index >= 15 is 0 Å². The van der Waals surface area contributed by atoms with Gasteiger partial charge in [-0.1, -0.05) is 30.7 Å². The Hall–Kier alpha value is -1.54. The molecule has 0 amide bonds. The first-order valence-corrected chi connectivity index (χ1v) is 6.83. The van der Waals surface area contributed by atoms with Crippen molar-refractivity contribution in [1.82, 2.24) is 9.88 Å². The zero-order valence-corrected chi connectivity index (χ0v) is 10.7. The lowest BCUT2D eigenvalue weighted by molar-refractivity contribution is 0.193. The monoisotopic (exact) mass is 240 g/mol. The van der Waals surface area contributed by atoms with Crippen LogP contribution in [0.3, 0.4) is 0 Å². The zero-order valence-electron chi connectivity index (χ0n) is 10.7. The smallest absolute Gasteiger partial charge is 0.0549 e. The Morgan fingerprint density at radius 1 is 1.17 bits per heavy atom. The van der Waals surface area contributed by atoms with Crippen LogP contribution >= 0.6 is 0 Å². The second-order valence-electron chi connectivity index (χ2n) is 5.07. The molecular formula is C16H20N2. The molecule has 1 atom stereocenters. The molecule has 2 nitrogen and oxygen atoms in total. The van der Waals surface area contributed by atoms with Crippen molar-refractivity contribution in [2.24, 2.45) is 0 Å². The fourth-order valence-electron chi connectivity index (χ4n) is 3.01. The number of nitrogens with zero attached hydrogens (tertiary/aromatic N) is 1. The van der Waals surface area contributed by atoms with Crippen LogP contribution in [0.1, 0.15) is 30.9 Å². The Morgan fingerprint density at radius 2 is 1.94 bits per heavy atom. The van der Waals surface area contributed by atoms with Gasteiger partial charge in [-0.25, -0.2) is 0 Å². The van der Waals surface area contributed by atoms with Crippen molar-refractivity contribution in [3.05, 3.63) is 48.7 Å². The van der Waals surface area contributed by atoms with Crippen molar-refractivity contribution in [2.45, 2.75) is 25.3 Å². The van der Waals surface area contributed by atoms with E-state index < -0.39 is 0 Å². The molecule has 1 aromatic heterocycles. The summed E-state index contributed by atoms with van der Waals surface area (Å²) in [6.45, 7) is 6.42. The van der Waals surface area contributed by atoms with Crippen molar-refractivity contribution in [3.63, 3.8) is 0 Å². The molecule has 2 heterocycles. The number of para-hydroxylation sites is 1. The van der Waals surface area contributed by atoms with Crippen LogP contribution in [0.25, 0.3) is 10.9 Å². The summed E-state index contributed by atoms with van der Waals surface area (Å²) in [5.41, 5.74) is 2.58. The summed E-state index contributed by atoms with van der Waals surface area (Å²) in [6.07, 6.45) is 8.22. The number of piperidine rings is 1. The molecule has 1 fully saturated rings. The molecule has 0 aliphatic carbocycles. The van der Waals surface area contributed by atoms with Crippen molar-refractivity contribution in [2.75, 3.05) is 13.1 Å². The van der Waals surface area contributed by atoms with Crippen LogP contribution in [0.15, 0.2) is 43.1 Å². The molecule has 1 aliphatic rings. The van der Waals surface area contributed by atoms with Crippen molar-refractivity contribution in [3.8, 4) is 0 Å². The highest BCUT2D eigenvalue weighted by Crippen LogP contribution is 2.30. The predicted molar refractivity (Wildman–Crippen MR) is 76.7 cm³/mol. The van der Waals surface area contributed by atoms with Gasteiger partial charge < -0.3 is 4.98 Å². The lowest BCUT2D eigenvalue weighted by atomic mass is 10.0. The van der Waals surface area contributed by atoms with Gasteiger partial charge in [0.2, 0.25) is 0 Å². The topological polar surface area (TPSA) is 19.0 Å². The average molecular weight is 240 g/mol. The summed E-state index contributed by atoms with van der Waals surface area (Å²) in [5.74, 6) is 0. The van der Waals surface area contributed by atoms with Crippen LogP contribution in [0.2, 0.25) is 0 Å². The number of likely N-dealkylation sites (tertiary alicyclic amines) is 1. The van der Waals surface area contributed by atoms with Crippen LogP contribution in [0.4, 0.5) is 0 Å². The van der Waals surface area contributed by atoms with E-state index in [0.29, 0.717) is 6.04 Å². The molecule has 3 rings (SSSR count). The van der Waals surface area contributed by atoms with Gasteiger partial charge in [-0.2, -0.15) is 0 Å². The molecule has 2 aromatic rings. The standard InChI is InChI=1S/C16H20N2/c1-2-16(18-10-6-3-7-11-18)14-12-17-15-9-5-4-8-13(14)15/h2,4-5,8-9,12,16-17H,1,3,6-7,10-11H2. The Balaban J connectivity index is 1.97. The van der Waals surface area contributed by atoms with Gasteiger partial charge in [0.15, 0.2) is 0 Å². The third-order valence-electron chi connectivity index (χ3n) is 3.95. The molecule has 0 spiro atoms. The Kier molecular flexibility index (Phi) is 3.20. The van der Waals surface area contributed by atoms with E-state index in [2.05, 4.69) is 53.0 Å². The number of aromatic nitrogens is 1. The SMILES string of the molecule is C=CC(c1c[nH]c2ccccc12)N1CCCCC1. The molecule has 1 unspecified atom stereocenters. The van der Waals surface area contributed by atoms with Crippen LogP contribution in [-0.4, -0.2) is 23.0 Å². The average Bonchev–Trinajstić information content (AvgIpc) is 2.85. The highest BCUT2D eigenvalue weighted by atomic mass is 15.2. The first kappa shape index (κ1) is 11.5. The molecular weight excluding hydrogens is 220 g/mol. The molecule has 0 bridgehead atoms. The van der Waals surface area contributed by atoms with Gasteiger partial charge in [-0.05, 0) is 37.6 Å². The minimum Gasteiger partial charge on any atom is -0.361 e. The number of hydrogen-bond donors (Lipinski definition) is 1. The Morgan fingerprint density at radius 3 is 2.72 bits per heavy atom. The summed E-state index contributed by atoms with van der Waals surface area (Å²) in [5, 5.41) is 1.33. The number of aromatic amines is 1. The maximum Gasteiger partial charge on any atom is 0.0549 e. The van der Waals surface area contributed by atoms with Gasteiger partial charge in [0, 0.05) is 17.1 Å². The number of benzene rings is 1.